The number of aromatic nitrogens is 1. The number of benzene rings is 1. The van der Waals surface area contributed by atoms with Gasteiger partial charge in [0.15, 0.2) is 0 Å². The van der Waals surface area contributed by atoms with Gasteiger partial charge in [-0.25, -0.2) is 4.98 Å². The first kappa shape index (κ1) is 17.7. The fraction of sp³-hybridized carbons (Fsp3) is 0.400. The molecule has 0 bridgehead atoms. The number of halogens is 1. The van der Waals surface area contributed by atoms with Gasteiger partial charge in [0.2, 0.25) is 5.91 Å². The summed E-state index contributed by atoms with van der Waals surface area (Å²) in [6, 6.07) is 12.1. The molecule has 0 saturated carbocycles. The van der Waals surface area contributed by atoms with E-state index in [-0.39, 0.29) is 5.91 Å². The van der Waals surface area contributed by atoms with Crippen LogP contribution in [0, 0.1) is 6.92 Å². The molecular formula is C20H24ClN3O. The van der Waals surface area contributed by atoms with Gasteiger partial charge in [-0.2, -0.15) is 0 Å². The average Bonchev–Trinajstić information content (AvgIpc) is 2.64. The van der Waals surface area contributed by atoms with Gasteiger partial charge in [-0.3, -0.25) is 4.79 Å². The van der Waals surface area contributed by atoms with Crippen LogP contribution < -0.4 is 4.90 Å². The molecule has 2 heterocycles. The highest BCUT2D eigenvalue weighted by Gasteiger charge is 2.20. The number of pyridine rings is 1. The van der Waals surface area contributed by atoms with E-state index in [9.17, 15) is 4.79 Å². The number of piperidine rings is 1. The van der Waals surface area contributed by atoms with Crippen LogP contribution in [0.5, 0.6) is 0 Å². The smallest absolute Gasteiger partial charge is 0.242 e. The Hall–Kier alpha value is -2.07. The lowest BCUT2D eigenvalue weighted by atomic mass is 10.1. The number of aryl methyl sites for hydroxylation is 1. The molecule has 0 atom stereocenters. The van der Waals surface area contributed by atoms with Crippen molar-refractivity contribution in [3.8, 4) is 0 Å². The molecule has 3 rings (SSSR count). The van der Waals surface area contributed by atoms with E-state index in [1.807, 2.05) is 17.0 Å². The van der Waals surface area contributed by atoms with Crippen LogP contribution in [0.2, 0.25) is 5.15 Å². The summed E-state index contributed by atoms with van der Waals surface area (Å²) in [4.78, 5) is 21.0. The summed E-state index contributed by atoms with van der Waals surface area (Å²) in [5.41, 5.74) is 3.15. The Morgan fingerprint density at radius 3 is 2.56 bits per heavy atom. The van der Waals surface area contributed by atoms with Crippen molar-refractivity contribution in [3.63, 3.8) is 0 Å². The van der Waals surface area contributed by atoms with Crippen molar-refractivity contribution in [3.05, 3.63) is 58.9 Å². The number of carbonyl (C=O) groups excluding carboxylic acids is 1. The van der Waals surface area contributed by atoms with E-state index < -0.39 is 0 Å². The van der Waals surface area contributed by atoms with Crippen LogP contribution in [0.25, 0.3) is 0 Å². The minimum Gasteiger partial charge on any atom is -0.358 e. The van der Waals surface area contributed by atoms with E-state index in [1.54, 1.807) is 6.20 Å². The molecule has 4 nitrogen and oxygen atoms in total. The zero-order valence-corrected chi connectivity index (χ0v) is 15.4. The van der Waals surface area contributed by atoms with Crippen molar-refractivity contribution >= 4 is 23.2 Å². The van der Waals surface area contributed by atoms with Gasteiger partial charge in [0, 0.05) is 37.1 Å². The summed E-state index contributed by atoms with van der Waals surface area (Å²) in [5, 5.41) is 0.491. The highest BCUT2D eigenvalue weighted by molar-refractivity contribution is 6.30. The molecule has 0 aliphatic carbocycles. The summed E-state index contributed by atoms with van der Waals surface area (Å²) in [5.74, 6) is 0.181. The molecule has 1 aliphatic heterocycles. The fourth-order valence-corrected chi connectivity index (χ4v) is 3.32. The predicted octanol–water partition coefficient (Wildman–Crippen LogP) is 4.06. The Balaban J connectivity index is 1.79. The Morgan fingerprint density at radius 2 is 1.88 bits per heavy atom. The van der Waals surface area contributed by atoms with Crippen LogP contribution in [-0.2, 0) is 11.3 Å². The average molecular weight is 358 g/mol. The second kappa shape index (κ2) is 8.34. The third-order valence-corrected chi connectivity index (χ3v) is 4.97. The van der Waals surface area contributed by atoms with E-state index >= 15 is 0 Å². The number of nitrogens with zero attached hydrogens (tertiary/aromatic N) is 3. The summed E-state index contributed by atoms with van der Waals surface area (Å²) in [7, 11) is 0. The fourth-order valence-electron chi connectivity index (χ4n) is 3.14. The third-order valence-electron chi connectivity index (χ3n) is 4.63. The number of anilines is 1. The molecule has 2 aromatic rings. The van der Waals surface area contributed by atoms with E-state index in [1.165, 1.54) is 12.0 Å². The van der Waals surface area contributed by atoms with Gasteiger partial charge < -0.3 is 9.80 Å². The molecule has 132 valence electrons. The van der Waals surface area contributed by atoms with Gasteiger partial charge in [0.05, 0.1) is 6.54 Å². The van der Waals surface area contributed by atoms with Gasteiger partial charge in [-0.1, -0.05) is 35.4 Å². The van der Waals surface area contributed by atoms with Crippen LogP contribution >= 0.6 is 11.6 Å². The van der Waals surface area contributed by atoms with Crippen molar-refractivity contribution in [2.24, 2.45) is 0 Å². The molecule has 0 radical (unpaired) electrons. The number of amides is 1. The van der Waals surface area contributed by atoms with Crippen molar-refractivity contribution in [2.75, 3.05) is 24.5 Å². The van der Waals surface area contributed by atoms with Crippen molar-refractivity contribution in [1.82, 2.24) is 9.88 Å². The quantitative estimate of drug-likeness (QED) is 0.757. The molecule has 0 N–H and O–H groups in total. The maximum absolute atomic E-state index is 12.8. The van der Waals surface area contributed by atoms with Gasteiger partial charge >= 0.3 is 0 Å². The minimum atomic E-state index is 0.181. The first-order valence-corrected chi connectivity index (χ1v) is 9.20. The van der Waals surface area contributed by atoms with Crippen LogP contribution in [0.15, 0.2) is 42.6 Å². The maximum Gasteiger partial charge on any atom is 0.242 e. The molecule has 1 aliphatic rings. The Bertz CT molecular complexity index is 711. The van der Waals surface area contributed by atoms with Crippen LogP contribution in [-0.4, -0.2) is 35.4 Å². The minimum absolute atomic E-state index is 0.181. The molecule has 1 aromatic heterocycles. The largest absolute Gasteiger partial charge is 0.358 e. The van der Waals surface area contributed by atoms with Crippen molar-refractivity contribution < 1.29 is 4.79 Å². The van der Waals surface area contributed by atoms with Crippen LogP contribution in [0.4, 0.5) is 5.69 Å². The summed E-state index contributed by atoms with van der Waals surface area (Å²) in [6.45, 7) is 4.72. The summed E-state index contributed by atoms with van der Waals surface area (Å²) in [6.07, 6.45) is 5.10. The molecule has 0 unspecified atom stereocenters. The molecule has 25 heavy (non-hydrogen) atoms. The lowest BCUT2D eigenvalue weighted by Gasteiger charge is -2.31. The molecule has 1 saturated heterocycles. The predicted molar refractivity (Wildman–Crippen MR) is 102 cm³/mol. The van der Waals surface area contributed by atoms with E-state index in [0.29, 0.717) is 18.2 Å². The molecule has 1 fully saturated rings. The molecule has 1 amide bonds. The topological polar surface area (TPSA) is 36.4 Å². The second-order valence-corrected chi connectivity index (χ2v) is 6.94. The van der Waals surface area contributed by atoms with E-state index in [0.717, 1.165) is 37.2 Å². The number of carbonyl (C=O) groups is 1. The Morgan fingerprint density at radius 1 is 1.16 bits per heavy atom. The van der Waals surface area contributed by atoms with E-state index in [4.69, 9.17) is 11.6 Å². The van der Waals surface area contributed by atoms with Crippen molar-refractivity contribution in [2.45, 2.75) is 32.7 Å². The Kier molecular flexibility index (Phi) is 5.92. The molecular weight excluding hydrogens is 334 g/mol. The van der Waals surface area contributed by atoms with Gasteiger partial charge in [-0.15, -0.1) is 0 Å². The molecule has 5 heteroatoms. The van der Waals surface area contributed by atoms with E-state index in [2.05, 4.69) is 41.1 Å². The lowest BCUT2D eigenvalue weighted by Crippen LogP contribution is -2.42. The highest BCUT2D eigenvalue weighted by atomic mass is 35.5. The lowest BCUT2D eigenvalue weighted by molar-refractivity contribution is -0.130. The van der Waals surface area contributed by atoms with Gasteiger partial charge in [-0.05, 0) is 44.4 Å². The first-order valence-electron chi connectivity index (χ1n) is 8.82. The maximum atomic E-state index is 12.8. The number of hydrogen-bond acceptors (Lipinski definition) is 3. The number of rotatable bonds is 5. The molecule has 1 aromatic carbocycles. The monoisotopic (exact) mass is 357 g/mol. The van der Waals surface area contributed by atoms with Gasteiger partial charge in [0.25, 0.3) is 0 Å². The van der Waals surface area contributed by atoms with Gasteiger partial charge in [0.1, 0.15) is 5.15 Å². The van der Waals surface area contributed by atoms with Crippen molar-refractivity contribution in [1.29, 1.82) is 0 Å². The second-order valence-electron chi connectivity index (χ2n) is 6.59. The number of hydrogen-bond donors (Lipinski definition) is 0. The SMILES string of the molecule is Cc1ccc(N(CC(=O)N2CCCCC2)Cc2cccnc2Cl)cc1. The standard InChI is InChI=1S/C20H24ClN3O/c1-16-7-9-18(10-8-16)24(14-17-6-5-11-22-20(17)21)15-19(25)23-12-3-2-4-13-23/h5-11H,2-4,12-15H2,1H3. The molecule has 0 spiro atoms. The first-order chi connectivity index (χ1) is 12.1. The number of likely N-dealkylation sites (tertiary alicyclic amines) is 1. The highest BCUT2D eigenvalue weighted by Crippen LogP contribution is 2.21. The summed E-state index contributed by atoms with van der Waals surface area (Å²) < 4.78 is 0. The Labute approximate surface area is 154 Å². The van der Waals surface area contributed by atoms with Crippen LogP contribution in [0.1, 0.15) is 30.4 Å². The zero-order chi connectivity index (χ0) is 17.6. The zero-order valence-electron chi connectivity index (χ0n) is 14.6. The third kappa shape index (κ3) is 4.73. The normalized spacial score (nSPS) is 14.4. The summed E-state index contributed by atoms with van der Waals surface area (Å²) >= 11 is 6.23. The van der Waals surface area contributed by atoms with Crippen LogP contribution in [0.3, 0.4) is 0 Å².